The Morgan fingerprint density at radius 1 is 1.10 bits per heavy atom. The molecule has 104 valence electrons. The lowest BCUT2D eigenvalue weighted by molar-refractivity contribution is -0.384. The molecular weight excluding hydrogens is 254 g/mol. The smallest absolute Gasteiger partial charge is 0.269 e. The van der Waals surface area contributed by atoms with Gasteiger partial charge in [-0.1, -0.05) is 30.3 Å². The van der Waals surface area contributed by atoms with Gasteiger partial charge < -0.3 is 4.74 Å². The third-order valence-corrected chi connectivity index (χ3v) is 3.07. The summed E-state index contributed by atoms with van der Waals surface area (Å²) in [6.07, 6.45) is 1.92. The van der Waals surface area contributed by atoms with E-state index in [4.69, 9.17) is 4.74 Å². The van der Waals surface area contributed by atoms with Crippen LogP contribution in [0.25, 0.3) is 0 Å². The van der Waals surface area contributed by atoms with Gasteiger partial charge in [0.1, 0.15) is 5.75 Å². The van der Waals surface area contributed by atoms with Gasteiger partial charge in [0.15, 0.2) is 0 Å². The molecule has 0 heterocycles. The molecule has 0 aliphatic heterocycles. The Hall–Kier alpha value is -2.36. The molecule has 0 aliphatic carbocycles. The van der Waals surface area contributed by atoms with Gasteiger partial charge in [-0.05, 0) is 37.5 Å². The van der Waals surface area contributed by atoms with E-state index in [9.17, 15) is 10.1 Å². The molecule has 2 rings (SSSR count). The summed E-state index contributed by atoms with van der Waals surface area (Å²) in [4.78, 5) is 10.1. The highest BCUT2D eigenvalue weighted by Crippen LogP contribution is 2.19. The summed E-state index contributed by atoms with van der Waals surface area (Å²) < 4.78 is 5.75. The Bertz CT molecular complexity index is 552. The predicted molar refractivity (Wildman–Crippen MR) is 77.9 cm³/mol. The number of hydrogen-bond donors (Lipinski definition) is 0. The van der Waals surface area contributed by atoms with E-state index in [1.165, 1.54) is 17.7 Å². The molecule has 0 aromatic heterocycles. The number of nitrogens with zero attached hydrogens (tertiary/aromatic N) is 1. The minimum Gasteiger partial charge on any atom is -0.491 e. The lowest BCUT2D eigenvalue weighted by atomic mass is 10.1. The van der Waals surface area contributed by atoms with Gasteiger partial charge in [0, 0.05) is 12.1 Å². The number of nitro benzene ring substituents is 1. The summed E-state index contributed by atoms with van der Waals surface area (Å²) >= 11 is 0. The number of non-ortho nitro benzene ring substituents is 1. The number of nitro groups is 1. The maximum absolute atomic E-state index is 10.6. The molecule has 1 atom stereocenters. The van der Waals surface area contributed by atoms with Crippen LogP contribution in [-0.2, 0) is 6.42 Å². The van der Waals surface area contributed by atoms with Gasteiger partial charge >= 0.3 is 0 Å². The number of aryl methyl sites for hydroxylation is 1. The Kier molecular flexibility index (Phi) is 4.71. The van der Waals surface area contributed by atoms with Crippen molar-refractivity contribution >= 4 is 5.69 Å². The standard InChI is InChI=1S/C16H17NO3/c1-13(7-8-14-5-3-2-4-6-14)20-16-11-9-15(10-12-16)17(18)19/h2-6,9-13H,7-8H2,1H3. The van der Waals surface area contributed by atoms with Crippen LogP contribution < -0.4 is 4.74 Å². The molecule has 0 amide bonds. The fourth-order valence-electron chi connectivity index (χ4n) is 1.95. The van der Waals surface area contributed by atoms with E-state index in [1.54, 1.807) is 12.1 Å². The van der Waals surface area contributed by atoms with Crippen molar-refractivity contribution in [3.8, 4) is 5.75 Å². The molecule has 0 fully saturated rings. The molecule has 0 spiro atoms. The number of rotatable bonds is 6. The summed E-state index contributed by atoms with van der Waals surface area (Å²) in [5, 5.41) is 10.6. The van der Waals surface area contributed by atoms with Crippen LogP contribution in [0.4, 0.5) is 5.69 Å². The Labute approximate surface area is 118 Å². The average molecular weight is 271 g/mol. The van der Waals surface area contributed by atoms with Gasteiger partial charge in [-0.15, -0.1) is 0 Å². The SMILES string of the molecule is CC(CCc1ccccc1)Oc1ccc([N+](=O)[O-])cc1. The lowest BCUT2D eigenvalue weighted by Crippen LogP contribution is -2.12. The molecule has 0 radical (unpaired) electrons. The first-order chi connectivity index (χ1) is 9.65. The zero-order chi connectivity index (χ0) is 14.4. The minimum atomic E-state index is -0.414. The number of hydrogen-bond acceptors (Lipinski definition) is 3. The maximum atomic E-state index is 10.6. The van der Waals surface area contributed by atoms with Crippen molar-refractivity contribution in [1.82, 2.24) is 0 Å². The van der Waals surface area contributed by atoms with Crippen LogP contribution in [0.1, 0.15) is 18.9 Å². The molecule has 4 nitrogen and oxygen atoms in total. The van der Waals surface area contributed by atoms with Gasteiger partial charge in [-0.2, -0.15) is 0 Å². The van der Waals surface area contributed by atoms with Gasteiger partial charge in [-0.25, -0.2) is 0 Å². The lowest BCUT2D eigenvalue weighted by Gasteiger charge is -2.14. The predicted octanol–water partition coefficient (Wildman–Crippen LogP) is 3.99. The molecule has 4 heteroatoms. The van der Waals surface area contributed by atoms with Crippen molar-refractivity contribution in [2.24, 2.45) is 0 Å². The molecular formula is C16H17NO3. The highest BCUT2D eigenvalue weighted by atomic mass is 16.6. The highest BCUT2D eigenvalue weighted by Gasteiger charge is 2.07. The first-order valence-corrected chi connectivity index (χ1v) is 6.60. The summed E-state index contributed by atoms with van der Waals surface area (Å²) in [6, 6.07) is 16.4. The van der Waals surface area contributed by atoms with E-state index in [0.717, 1.165) is 12.8 Å². The normalized spacial score (nSPS) is 11.8. The van der Waals surface area contributed by atoms with Gasteiger partial charge in [0.05, 0.1) is 11.0 Å². The molecule has 0 saturated heterocycles. The second kappa shape index (κ2) is 6.70. The van der Waals surface area contributed by atoms with E-state index in [0.29, 0.717) is 5.75 Å². The number of benzene rings is 2. The molecule has 2 aromatic carbocycles. The second-order valence-corrected chi connectivity index (χ2v) is 4.70. The topological polar surface area (TPSA) is 52.4 Å². The van der Waals surface area contributed by atoms with Crippen LogP contribution in [-0.4, -0.2) is 11.0 Å². The Balaban J connectivity index is 1.85. The van der Waals surface area contributed by atoms with E-state index < -0.39 is 4.92 Å². The fraction of sp³-hybridized carbons (Fsp3) is 0.250. The van der Waals surface area contributed by atoms with Crippen molar-refractivity contribution in [1.29, 1.82) is 0 Å². The molecule has 0 saturated carbocycles. The molecule has 2 aromatic rings. The minimum absolute atomic E-state index is 0.0664. The quantitative estimate of drug-likeness (QED) is 0.589. The third-order valence-electron chi connectivity index (χ3n) is 3.07. The zero-order valence-electron chi connectivity index (χ0n) is 11.4. The van der Waals surface area contributed by atoms with Gasteiger partial charge in [0.25, 0.3) is 5.69 Å². The fourth-order valence-corrected chi connectivity index (χ4v) is 1.95. The zero-order valence-corrected chi connectivity index (χ0v) is 11.4. The van der Waals surface area contributed by atoms with Crippen LogP contribution in [0, 0.1) is 10.1 Å². The molecule has 20 heavy (non-hydrogen) atoms. The van der Waals surface area contributed by atoms with E-state index in [2.05, 4.69) is 12.1 Å². The van der Waals surface area contributed by atoms with Crippen molar-refractivity contribution in [2.45, 2.75) is 25.9 Å². The second-order valence-electron chi connectivity index (χ2n) is 4.70. The van der Waals surface area contributed by atoms with Crippen molar-refractivity contribution < 1.29 is 9.66 Å². The molecule has 1 unspecified atom stereocenters. The van der Waals surface area contributed by atoms with Crippen LogP contribution >= 0.6 is 0 Å². The van der Waals surface area contributed by atoms with Gasteiger partial charge in [-0.3, -0.25) is 10.1 Å². The highest BCUT2D eigenvalue weighted by molar-refractivity contribution is 5.36. The van der Waals surface area contributed by atoms with E-state index in [-0.39, 0.29) is 11.8 Å². The monoisotopic (exact) mass is 271 g/mol. The van der Waals surface area contributed by atoms with E-state index in [1.807, 2.05) is 25.1 Å². The summed E-state index contributed by atoms with van der Waals surface area (Å²) in [7, 11) is 0. The van der Waals surface area contributed by atoms with Crippen LogP contribution in [0.2, 0.25) is 0 Å². The summed E-state index contributed by atoms with van der Waals surface area (Å²) in [5.41, 5.74) is 1.36. The van der Waals surface area contributed by atoms with Crippen LogP contribution in [0.3, 0.4) is 0 Å². The van der Waals surface area contributed by atoms with Gasteiger partial charge in [0.2, 0.25) is 0 Å². The van der Waals surface area contributed by atoms with E-state index >= 15 is 0 Å². The number of ether oxygens (including phenoxy) is 1. The summed E-state index contributed by atoms with van der Waals surface area (Å²) in [6.45, 7) is 2.00. The largest absolute Gasteiger partial charge is 0.491 e. The maximum Gasteiger partial charge on any atom is 0.269 e. The van der Waals surface area contributed by atoms with Crippen molar-refractivity contribution in [3.05, 3.63) is 70.3 Å². The first-order valence-electron chi connectivity index (χ1n) is 6.60. The molecule has 0 N–H and O–H groups in total. The molecule has 0 aliphatic rings. The van der Waals surface area contributed by atoms with Crippen molar-refractivity contribution in [3.63, 3.8) is 0 Å². The van der Waals surface area contributed by atoms with Crippen molar-refractivity contribution in [2.75, 3.05) is 0 Å². The Morgan fingerprint density at radius 2 is 1.75 bits per heavy atom. The third kappa shape index (κ3) is 4.09. The summed E-state index contributed by atoms with van der Waals surface area (Å²) in [5.74, 6) is 0.663. The first kappa shape index (κ1) is 14.1. The Morgan fingerprint density at radius 3 is 2.35 bits per heavy atom. The molecule has 0 bridgehead atoms. The van der Waals surface area contributed by atoms with Crippen LogP contribution in [0.15, 0.2) is 54.6 Å². The van der Waals surface area contributed by atoms with Crippen LogP contribution in [0.5, 0.6) is 5.75 Å². The average Bonchev–Trinajstić information content (AvgIpc) is 2.47.